The second kappa shape index (κ2) is 7.48. The van der Waals surface area contributed by atoms with E-state index < -0.39 is 0 Å². The zero-order chi connectivity index (χ0) is 13.5. The number of hydrogen-bond acceptors (Lipinski definition) is 4. The lowest BCUT2D eigenvalue weighted by Crippen LogP contribution is -2.33. The van der Waals surface area contributed by atoms with Gasteiger partial charge in [-0.25, -0.2) is 0 Å². The zero-order valence-electron chi connectivity index (χ0n) is 11.6. The first-order chi connectivity index (χ1) is 9.31. The van der Waals surface area contributed by atoms with Crippen LogP contribution < -0.4 is 15.8 Å². The minimum absolute atomic E-state index is 0.134. The summed E-state index contributed by atoms with van der Waals surface area (Å²) in [6, 6.07) is 8.27. The van der Waals surface area contributed by atoms with Crippen molar-refractivity contribution < 1.29 is 9.47 Å². The number of hydrogen-bond donors (Lipinski definition) is 2. The van der Waals surface area contributed by atoms with Crippen LogP contribution in [0.5, 0.6) is 5.75 Å². The second-order valence-electron chi connectivity index (χ2n) is 5.02. The summed E-state index contributed by atoms with van der Waals surface area (Å²) in [6.07, 6.45) is 2.32. The molecule has 0 spiro atoms. The number of methoxy groups -OCH3 is 1. The van der Waals surface area contributed by atoms with Crippen molar-refractivity contribution in [2.24, 2.45) is 11.7 Å². The van der Waals surface area contributed by atoms with Crippen molar-refractivity contribution in [3.8, 4) is 5.75 Å². The van der Waals surface area contributed by atoms with Gasteiger partial charge in [0.1, 0.15) is 12.4 Å². The Labute approximate surface area is 115 Å². The van der Waals surface area contributed by atoms with E-state index in [-0.39, 0.29) is 6.04 Å². The fourth-order valence-corrected chi connectivity index (χ4v) is 2.50. The van der Waals surface area contributed by atoms with Gasteiger partial charge >= 0.3 is 0 Å². The highest BCUT2D eigenvalue weighted by molar-refractivity contribution is 5.29. The van der Waals surface area contributed by atoms with Gasteiger partial charge in [0.2, 0.25) is 0 Å². The van der Waals surface area contributed by atoms with Gasteiger partial charge < -0.3 is 20.5 Å². The Morgan fingerprint density at radius 3 is 2.53 bits per heavy atom. The molecule has 1 atom stereocenters. The summed E-state index contributed by atoms with van der Waals surface area (Å²) in [6.45, 7) is 3.35. The molecule has 1 aromatic rings. The summed E-state index contributed by atoms with van der Waals surface area (Å²) in [4.78, 5) is 0. The highest BCUT2D eigenvalue weighted by Crippen LogP contribution is 2.27. The predicted molar refractivity (Wildman–Crippen MR) is 76.3 cm³/mol. The molecule has 19 heavy (non-hydrogen) atoms. The summed E-state index contributed by atoms with van der Waals surface area (Å²) < 4.78 is 10.5. The molecule has 106 valence electrons. The van der Waals surface area contributed by atoms with Crippen LogP contribution in [0.2, 0.25) is 0 Å². The SMILES string of the molecule is COCCOc1ccc(C(N)C2CCNCC2)cc1. The van der Waals surface area contributed by atoms with E-state index in [1.807, 2.05) is 12.1 Å². The van der Waals surface area contributed by atoms with Crippen LogP contribution in [0, 0.1) is 5.92 Å². The van der Waals surface area contributed by atoms with E-state index in [2.05, 4.69) is 17.4 Å². The molecule has 4 heteroatoms. The Morgan fingerprint density at radius 1 is 1.21 bits per heavy atom. The second-order valence-corrected chi connectivity index (χ2v) is 5.02. The van der Waals surface area contributed by atoms with E-state index in [4.69, 9.17) is 15.2 Å². The van der Waals surface area contributed by atoms with Crippen molar-refractivity contribution in [1.29, 1.82) is 0 Å². The largest absolute Gasteiger partial charge is 0.491 e. The van der Waals surface area contributed by atoms with Gasteiger partial charge in [-0.3, -0.25) is 0 Å². The van der Waals surface area contributed by atoms with Crippen molar-refractivity contribution in [1.82, 2.24) is 5.32 Å². The molecule has 1 aliphatic rings. The van der Waals surface area contributed by atoms with Crippen LogP contribution in [0.3, 0.4) is 0 Å². The van der Waals surface area contributed by atoms with Gasteiger partial charge in [-0.1, -0.05) is 12.1 Å². The molecule has 1 unspecified atom stereocenters. The van der Waals surface area contributed by atoms with E-state index in [0.29, 0.717) is 19.1 Å². The number of nitrogens with two attached hydrogens (primary N) is 1. The highest BCUT2D eigenvalue weighted by atomic mass is 16.5. The van der Waals surface area contributed by atoms with E-state index in [1.165, 1.54) is 5.56 Å². The van der Waals surface area contributed by atoms with Crippen molar-refractivity contribution >= 4 is 0 Å². The lowest BCUT2D eigenvalue weighted by atomic mass is 9.86. The average Bonchev–Trinajstić information content (AvgIpc) is 2.48. The first-order valence-corrected chi connectivity index (χ1v) is 6.99. The molecule has 0 aromatic heterocycles. The maximum Gasteiger partial charge on any atom is 0.119 e. The van der Waals surface area contributed by atoms with E-state index >= 15 is 0 Å². The molecule has 3 N–H and O–H groups in total. The number of rotatable bonds is 6. The predicted octanol–water partition coefficient (Wildman–Crippen LogP) is 1.71. The van der Waals surface area contributed by atoms with E-state index in [9.17, 15) is 0 Å². The van der Waals surface area contributed by atoms with Crippen molar-refractivity contribution in [3.63, 3.8) is 0 Å². The van der Waals surface area contributed by atoms with E-state index in [1.54, 1.807) is 7.11 Å². The Balaban J connectivity index is 1.89. The standard InChI is InChI=1S/C15H24N2O2/c1-18-10-11-19-14-4-2-12(3-5-14)15(16)13-6-8-17-9-7-13/h2-5,13,15,17H,6-11,16H2,1H3. The molecule has 2 rings (SSSR count). The molecular weight excluding hydrogens is 240 g/mol. The summed E-state index contributed by atoms with van der Waals surface area (Å²) in [7, 11) is 1.67. The third-order valence-corrected chi connectivity index (χ3v) is 3.71. The van der Waals surface area contributed by atoms with Gasteiger partial charge in [0.15, 0.2) is 0 Å². The van der Waals surface area contributed by atoms with Crippen molar-refractivity contribution in [2.45, 2.75) is 18.9 Å². The Kier molecular flexibility index (Phi) is 5.63. The smallest absolute Gasteiger partial charge is 0.119 e. The lowest BCUT2D eigenvalue weighted by Gasteiger charge is -2.28. The topological polar surface area (TPSA) is 56.5 Å². The van der Waals surface area contributed by atoms with Gasteiger partial charge in [-0.2, -0.15) is 0 Å². The molecule has 0 aliphatic carbocycles. The van der Waals surface area contributed by atoms with E-state index in [0.717, 1.165) is 31.7 Å². The van der Waals surface area contributed by atoms with Crippen LogP contribution >= 0.6 is 0 Å². The molecule has 1 fully saturated rings. The number of piperidine rings is 1. The summed E-state index contributed by atoms with van der Waals surface area (Å²) >= 11 is 0. The Morgan fingerprint density at radius 2 is 1.89 bits per heavy atom. The van der Waals surface area contributed by atoms with Crippen LogP contribution in [0.1, 0.15) is 24.4 Å². The van der Waals surface area contributed by atoms with Crippen molar-refractivity contribution in [2.75, 3.05) is 33.4 Å². The Bertz CT molecular complexity index is 361. The number of benzene rings is 1. The average molecular weight is 264 g/mol. The first kappa shape index (κ1) is 14.3. The molecule has 0 bridgehead atoms. The molecule has 0 saturated carbocycles. The molecule has 1 heterocycles. The molecule has 0 amide bonds. The number of nitrogens with one attached hydrogen (secondary N) is 1. The maximum atomic E-state index is 6.35. The van der Waals surface area contributed by atoms with Gasteiger partial charge in [-0.15, -0.1) is 0 Å². The highest BCUT2D eigenvalue weighted by Gasteiger charge is 2.21. The van der Waals surface area contributed by atoms with Gasteiger partial charge in [0.05, 0.1) is 6.61 Å². The maximum absolute atomic E-state index is 6.35. The van der Waals surface area contributed by atoms with Gasteiger partial charge in [0, 0.05) is 13.2 Å². The molecule has 4 nitrogen and oxygen atoms in total. The monoisotopic (exact) mass is 264 g/mol. The normalized spacial score (nSPS) is 18.2. The summed E-state index contributed by atoms with van der Waals surface area (Å²) in [5.41, 5.74) is 7.55. The quantitative estimate of drug-likeness (QED) is 0.768. The van der Waals surface area contributed by atoms with Crippen LogP contribution in [0.25, 0.3) is 0 Å². The summed E-state index contributed by atoms with van der Waals surface area (Å²) in [5, 5.41) is 3.37. The van der Waals surface area contributed by atoms with Crippen LogP contribution in [-0.4, -0.2) is 33.4 Å². The fourth-order valence-electron chi connectivity index (χ4n) is 2.50. The third-order valence-electron chi connectivity index (χ3n) is 3.71. The lowest BCUT2D eigenvalue weighted by molar-refractivity contribution is 0.146. The summed E-state index contributed by atoms with van der Waals surface area (Å²) in [5.74, 6) is 1.46. The van der Waals surface area contributed by atoms with Gasteiger partial charge in [-0.05, 0) is 49.5 Å². The molecule has 1 saturated heterocycles. The minimum atomic E-state index is 0.134. The molecular formula is C15H24N2O2. The van der Waals surface area contributed by atoms with Crippen LogP contribution in [-0.2, 0) is 4.74 Å². The fraction of sp³-hybridized carbons (Fsp3) is 0.600. The minimum Gasteiger partial charge on any atom is -0.491 e. The Hall–Kier alpha value is -1.10. The number of ether oxygens (including phenoxy) is 2. The van der Waals surface area contributed by atoms with Crippen molar-refractivity contribution in [3.05, 3.63) is 29.8 Å². The molecule has 1 aliphatic heterocycles. The molecule has 0 radical (unpaired) electrons. The van der Waals surface area contributed by atoms with Crippen LogP contribution in [0.15, 0.2) is 24.3 Å². The molecule has 1 aromatic carbocycles. The zero-order valence-corrected chi connectivity index (χ0v) is 11.6. The van der Waals surface area contributed by atoms with Crippen LogP contribution in [0.4, 0.5) is 0 Å². The first-order valence-electron chi connectivity index (χ1n) is 6.99. The third kappa shape index (κ3) is 4.20. The van der Waals surface area contributed by atoms with Gasteiger partial charge in [0.25, 0.3) is 0 Å².